The third-order valence-electron chi connectivity index (χ3n) is 2.86. The molecular formula is C13H17FN2OS. The molecule has 0 bridgehead atoms. The Morgan fingerprint density at radius 2 is 2.00 bits per heavy atom. The molecule has 1 aromatic rings. The molecule has 1 aromatic carbocycles. The molecule has 18 heavy (non-hydrogen) atoms. The van der Waals surface area contributed by atoms with Crippen LogP contribution in [0.15, 0.2) is 24.3 Å². The van der Waals surface area contributed by atoms with E-state index in [1.165, 1.54) is 11.0 Å². The van der Waals surface area contributed by atoms with E-state index in [1.807, 2.05) is 0 Å². The summed E-state index contributed by atoms with van der Waals surface area (Å²) in [4.78, 5) is 13.7. The molecule has 0 saturated heterocycles. The van der Waals surface area contributed by atoms with Gasteiger partial charge in [-0.2, -0.15) is 0 Å². The van der Waals surface area contributed by atoms with Crippen molar-refractivity contribution in [1.82, 2.24) is 4.90 Å². The number of hydrogen-bond acceptors (Lipinski definition) is 2. The Kier molecular flexibility index (Phi) is 4.40. The van der Waals surface area contributed by atoms with Crippen molar-refractivity contribution < 1.29 is 9.18 Å². The molecule has 0 aliphatic rings. The van der Waals surface area contributed by atoms with Crippen molar-refractivity contribution in [3.05, 3.63) is 35.6 Å². The van der Waals surface area contributed by atoms with E-state index in [2.05, 4.69) is 0 Å². The number of amides is 1. The molecule has 0 saturated carbocycles. The molecule has 1 rings (SSSR count). The first-order valence-electron chi connectivity index (χ1n) is 5.55. The molecule has 0 heterocycles. The minimum absolute atomic E-state index is 0.132. The zero-order chi connectivity index (χ0) is 13.9. The predicted molar refractivity (Wildman–Crippen MR) is 73.4 cm³/mol. The maximum absolute atomic E-state index is 13.5. The molecule has 3 nitrogen and oxygen atoms in total. The summed E-state index contributed by atoms with van der Waals surface area (Å²) in [5.41, 5.74) is 5.09. The molecule has 1 amide bonds. The van der Waals surface area contributed by atoms with Gasteiger partial charge in [0.2, 0.25) is 5.91 Å². The summed E-state index contributed by atoms with van der Waals surface area (Å²) in [6.45, 7) is 3.52. The Hall–Kier alpha value is -1.49. The zero-order valence-electron chi connectivity index (χ0n) is 10.7. The summed E-state index contributed by atoms with van der Waals surface area (Å²) in [5.74, 6) is -0.552. The van der Waals surface area contributed by atoms with E-state index < -0.39 is 5.41 Å². The summed E-state index contributed by atoms with van der Waals surface area (Å²) < 4.78 is 13.5. The van der Waals surface area contributed by atoms with Gasteiger partial charge in [0, 0.05) is 19.2 Å². The van der Waals surface area contributed by atoms with Gasteiger partial charge in [0.25, 0.3) is 0 Å². The first-order chi connectivity index (χ1) is 8.26. The van der Waals surface area contributed by atoms with Gasteiger partial charge >= 0.3 is 0 Å². The normalized spacial score (nSPS) is 11.1. The van der Waals surface area contributed by atoms with Crippen LogP contribution in [0.1, 0.15) is 19.4 Å². The molecule has 0 fully saturated rings. The van der Waals surface area contributed by atoms with E-state index in [0.29, 0.717) is 5.56 Å². The number of rotatable bonds is 4. The number of hydrogen-bond donors (Lipinski definition) is 1. The van der Waals surface area contributed by atoms with Gasteiger partial charge in [-0.05, 0) is 19.9 Å². The van der Waals surface area contributed by atoms with Crippen LogP contribution in [0.5, 0.6) is 0 Å². The summed E-state index contributed by atoms with van der Waals surface area (Å²) in [7, 11) is 1.61. The van der Waals surface area contributed by atoms with Gasteiger partial charge in [0.05, 0.1) is 10.4 Å². The molecule has 0 spiro atoms. The largest absolute Gasteiger partial charge is 0.392 e. The minimum atomic E-state index is -0.921. The molecule has 2 N–H and O–H groups in total. The highest BCUT2D eigenvalue weighted by molar-refractivity contribution is 7.80. The maximum atomic E-state index is 13.5. The molecule has 0 atom stereocenters. The van der Waals surface area contributed by atoms with E-state index in [4.69, 9.17) is 18.0 Å². The summed E-state index contributed by atoms with van der Waals surface area (Å²) in [6.07, 6.45) is 0. The fourth-order valence-corrected chi connectivity index (χ4v) is 1.62. The van der Waals surface area contributed by atoms with Crippen LogP contribution in [0.2, 0.25) is 0 Å². The lowest BCUT2D eigenvalue weighted by Crippen LogP contribution is -2.45. The van der Waals surface area contributed by atoms with Crippen LogP contribution >= 0.6 is 12.2 Å². The van der Waals surface area contributed by atoms with Crippen LogP contribution in [-0.4, -0.2) is 22.8 Å². The van der Waals surface area contributed by atoms with Gasteiger partial charge in [-0.3, -0.25) is 4.79 Å². The van der Waals surface area contributed by atoms with Crippen LogP contribution in [0, 0.1) is 11.2 Å². The first-order valence-corrected chi connectivity index (χ1v) is 5.96. The fourth-order valence-electron chi connectivity index (χ4n) is 1.54. The Labute approximate surface area is 112 Å². The topological polar surface area (TPSA) is 46.3 Å². The van der Waals surface area contributed by atoms with Gasteiger partial charge in [-0.25, -0.2) is 4.39 Å². The number of carbonyl (C=O) groups is 1. The molecule has 0 aliphatic heterocycles. The van der Waals surface area contributed by atoms with E-state index in [1.54, 1.807) is 39.1 Å². The molecule has 98 valence electrons. The highest BCUT2D eigenvalue weighted by Crippen LogP contribution is 2.20. The zero-order valence-corrected chi connectivity index (χ0v) is 11.6. The first kappa shape index (κ1) is 14.6. The van der Waals surface area contributed by atoms with Crippen molar-refractivity contribution in [1.29, 1.82) is 0 Å². The maximum Gasteiger partial charge on any atom is 0.235 e. The molecule has 0 radical (unpaired) electrons. The second-order valence-corrected chi connectivity index (χ2v) is 5.18. The second-order valence-electron chi connectivity index (χ2n) is 4.74. The third kappa shape index (κ3) is 3.04. The molecule has 5 heteroatoms. The SMILES string of the molecule is CN(Cc1ccccc1F)C(=O)C(C)(C)C(N)=S. The number of nitrogens with two attached hydrogens (primary N) is 1. The summed E-state index contributed by atoms with van der Waals surface area (Å²) in [6, 6.07) is 6.36. The quantitative estimate of drug-likeness (QED) is 0.851. The number of carbonyl (C=O) groups excluding carboxylic acids is 1. The summed E-state index contributed by atoms with van der Waals surface area (Å²) in [5, 5.41) is 0. The summed E-state index contributed by atoms with van der Waals surface area (Å²) >= 11 is 4.87. The Morgan fingerprint density at radius 3 is 2.50 bits per heavy atom. The van der Waals surface area contributed by atoms with Gasteiger partial charge in [0.15, 0.2) is 0 Å². The van der Waals surface area contributed by atoms with E-state index >= 15 is 0 Å². The molecule has 0 aliphatic carbocycles. The molecular weight excluding hydrogens is 251 g/mol. The second kappa shape index (κ2) is 5.44. The number of halogens is 1. The van der Waals surface area contributed by atoms with E-state index in [0.717, 1.165) is 0 Å². The standard InChI is InChI=1S/C13H17FN2OS/c1-13(2,11(15)18)12(17)16(3)8-9-6-4-5-7-10(9)14/h4-7H,8H2,1-3H3,(H2,15,18). The smallest absolute Gasteiger partial charge is 0.235 e. The number of thiocarbonyl (C=S) groups is 1. The Bertz CT molecular complexity index is 474. The van der Waals surface area contributed by atoms with E-state index in [-0.39, 0.29) is 23.3 Å². The van der Waals surface area contributed by atoms with Crippen molar-refractivity contribution in [2.45, 2.75) is 20.4 Å². The van der Waals surface area contributed by atoms with Crippen LogP contribution in [0.4, 0.5) is 4.39 Å². The fraction of sp³-hybridized carbons (Fsp3) is 0.385. The molecule has 0 aromatic heterocycles. The lowest BCUT2D eigenvalue weighted by Gasteiger charge is -2.28. The van der Waals surface area contributed by atoms with Crippen molar-refractivity contribution in [3.8, 4) is 0 Å². The van der Waals surface area contributed by atoms with Crippen LogP contribution in [0.3, 0.4) is 0 Å². The predicted octanol–water partition coefficient (Wildman–Crippen LogP) is 2.10. The number of nitrogens with zero attached hydrogens (tertiary/aromatic N) is 1. The number of benzene rings is 1. The van der Waals surface area contributed by atoms with Crippen molar-refractivity contribution in [2.75, 3.05) is 7.05 Å². The lowest BCUT2D eigenvalue weighted by molar-refractivity contribution is -0.136. The lowest BCUT2D eigenvalue weighted by atomic mass is 9.91. The van der Waals surface area contributed by atoms with Crippen molar-refractivity contribution >= 4 is 23.1 Å². The van der Waals surface area contributed by atoms with Crippen LogP contribution in [0.25, 0.3) is 0 Å². The average molecular weight is 268 g/mol. The average Bonchev–Trinajstić information content (AvgIpc) is 2.30. The van der Waals surface area contributed by atoms with Gasteiger partial charge < -0.3 is 10.6 Å². The molecule has 0 unspecified atom stereocenters. The van der Waals surface area contributed by atoms with Crippen molar-refractivity contribution in [3.63, 3.8) is 0 Å². The van der Waals surface area contributed by atoms with Crippen molar-refractivity contribution in [2.24, 2.45) is 11.1 Å². The van der Waals surface area contributed by atoms with Gasteiger partial charge in [0.1, 0.15) is 5.82 Å². The van der Waals surface area contributed by atoms with Crippen LogP contribution < -0.4 is 5.73 Å². The monoisotopic (exact) mass is 268 g/mol. The van der Waals surface area contributed by atoms with Gasteiger partial charge in [-0.1, -0.05) is 30.4 Å². The highest BCUT2D eigenvalue weighted by Gasteiger charge is 2.33. The van der Waals surface area contributed by atoms with Gasteiger partial charge in [-0.15, -0.1) is 0 Å². The van der Waals surface area contributed by atoms with E-state index in [9.17, 15) is 9.18 Å². The third-order valence-corrected chi connectivity index (χ3v) is 3.37. The highest BCUT2D eigenvalue weighted by atomic mass is 32.1. The minimum Gasteiger partial charge on any atom is -0.392 e. The Morgan fingerprint density at radius 1 is 1.44 bits per heavy atom. The Balaban J connectivity index is 2.84. The van der Waals surface area contributed by atoms with Crippen LogP contribution in [-0.2, 0) is 11.3 Å².